The molecule has 0 saturated carbocycles. The molecule has 1 aromatic heterocycles. The molecule has 5 heteroatoms. The van der Waals surface area contributed by atoms with Crippen molar-refractivity contribution in [3.63, 3.8) is 0 Å². The smallest absolute Gasteiger partial charge is 0.252 e. The van der Waals surface area contributed by atoms with E-state index in [0.717, 1.165) is 140 Å². The normalized spacial score (nSPS) is 12.6. The molecule has 0 spiro atoms. The number of rotatable bonds is 13. The highest BCUT2D eigenvalue weighted by Gasteiger charge is 2.46. The first kappa shape index (κ1) is 71.1. The third kappa shape index (κ3) is 12.0. The lowest BCUT2D eigenvalue weighted by Crippen LogP contribution is -2.61. The van der Waals surface area contributed by atoms with Crippen molar-refractivity contribution in [1.82, 2.24) is 4.57 Å². The first-order chi connectivity index (χ1) is 58.3. The van der Waals surface area contributed by atoms with Crippen molar-refractivity contribution < 1.29 is 0 Å². The summed E-state index contributed by atoms with van der Waals surface area (Å²) in [5, 5.41) is 10.1. The van der Waals surface area contributed by atoms with Gasteiger partial charge in [0, 0.05) is 72.8 Å². The van der Waals surface area contributed by atoms with Crippen LogP contribution in [0.5, 0.6) is 0 Å². The van der Waals surface area contributed by atoms with Gasteiger partial charge in [-0.05, 0) is 205 Å². The van der Waals surface area contributed by atoms with Gasteiger partial charge in [-0.1, -0.05) is 369 Å². The zero-order valence-electron chi connectivity index (χ0n) is 67.5. The van der Waals surface area contributed by atoms with E-state index in [1.807, 2.05) is 0 Å². The molecule has 0 fully saturated rings. The Morgan fingerprint density at radius 1 is 0.244 bits per heavy atom. The molecule has 564 valence electrons. The minimum atomic E-state index is -0.357. The predicted octanol–water partition coefficient (Wildman–Crippen LogP) is 29.5. The van der Waals surface area contributed by atoms with Gasteiger partial charge in [0.25, 0.3) is 6.71 Å². The zero-order valence-corrected chi connectivity index (χ0v) is 67.5. The van der Waals surface area contributed by atoms with Gasteiger partial charge in [-0.15, -0.1) is 0 Å². The molecule has 119 heavy (non-hydrogen) atoms. The first-order valence-electron chi connectivity index (χ1n) is 41.7. The summed E-state index contributed by atoms with van der Waals surface area (Å²) in [7, 11) is 0. The molecule has 3 heterocycles. The van der Waals surface area contributed by atoms with E-state index in [9.17, 15) is 0 Å². The molecule has 22 rings (SSSR count). The van der Waals surface area contributed by atoms with Crippen LogP contribution in [0, 0.1) is 0 Å². The Hall–Kier alpha value is -14.5. The van der Waals surface area contributed by atoms with Crippen LogP contribution < -0.4 is 31.1 Å². The average Bonchev–Trinajstić information content (AvgIpc) is 0.957. The Bertz CT molecular complexity index is 7080. The Morgan fingerprint density at radius 3 is 1.10 bits per heavy atom. The molecule has 0 radical (unpaired) electrons. The van der Waals surface area contributed by atoms with E-state index >= 15 is 0 Å². The number of fused-ring (bicyclic) bond motifs is 7. The lowest BCUT2D eigenvalue weighted by atomic mass is 9.33. The topological polar surface area (TPSA) is 14.7 Å². The van der Waals surface area contributed by atoms with Gasteiger partial charge >= 0.3 is 0 Å². The fourth-order valence-electron chi connectivity index (χ4n) is 19.4. The summed E-state index contributed by atoms with van der Waals surface area (Å²) in [4.78, 5) is 7.93. The van der Waals surface area contributed by atoms with Gasteiger partial charge in [-0.2, -0.15) is 0 Å². The molecule has 0 N–H and O–H groups in total. The van der Waals surface area contributed by atoms with Gasteiger partial charge < -0.3 is 19.3 Å². The Balaban J connectivity index is 0.923. The summed E-state index contributed by atoms with van der Waals surface area (Å²) < 4.78 is 2.51. The quantitative estimate of drug-likeness (QED) is 0.0845. The van der Waals surface area contributed by atoms with E-state index < -0.39 is 0 Å². The van der Waals surface area contributed by atoms with Crippen molar-refractivity contribution in [1.29, 1.82) is 0 Å². The van der Waals surface area contributed by atoms with Crippen LogP contribution in [-0.2, 0) is 10.8 Å². The standard InChI is InChI=1S/C114H85BN4/c1-113(2,3)86-65-83-51-52-84-66-87(114(4,5)6)70-99-98(68-85(67-86)108(83)109(84)99)82-57-64-104-101(69-82)115-100-63-62-90(117-102-49-27-25-43-96(102)97-44-26-28-50-103(97)117)71-105(100)119(112-94(80-39-21-11-22-40-80)47-30-48-95(112)81-41-23-12-24-42-81)107-73-91(72-106(110(107)115)118(104)111-92(78-35-17-9-18-36-78)45-29-46-93(111)79-37-19-10-20-38-79)116(88-58-53-76(54-59-88)74-31-13-7-14-32-74)89-60-55-77(56-61-89)75-33-15-8-16-34-75/h7-73H,1-6H3. The molecule has 19 aromatic carbocycles. The fraction of sp³-hybridized carbons (Fsp3) is 0.0702. The van der Waals surface area contributed by atoms with Gasteiger partial charge in [0.05, 0.1) is 28.1 Å². The molecular formula is C114H85BN4. The number of hydrogen-bond donors (Lipinski definition) is 0. The average molecular weight is 1520 g/mol. The molecule has 20 aromatic rings. The van der Waals surface area contributed by atoms with Crippen molar-refractivity contribution in [2.75, 3.05) is 14.7 Å². The van der Waals surface area contributed by atoms with Crippen LogP contribution in [0.1, 0.15) is 52.7 Å². The SMILES string of the molecule is CC(C)(C)c1cc2ccc3cc(C(C)(C)C)cc4c(-c5ccc6c(c5)B5c7ccc(-n8c9ccccc9c9ccccc98)cc7N(c7c(-c8ccccc8)cccc7-c7ccccc7)c7cc(N(c8ccc(-c9ccccc9)cc8)c8ccc(-c9ccccc9)cc8)cc(c75)N6c5c(-c6ccccc6)cccc5-c5ccccc5)cc(c1)c2c34. The largest absolute Gasteiger partial charge is 0.310 e. The van der Waals surface area contributed by atoms with Gasteiger partial charge in [0.2, 0.25) is 0 Å². The monoisotopic (exact) mass is 1520 g/mol. The second-order valence-corrected chi connectivity index (χ2v) is 34.3. The second kappa shape index (κ2) is 28.2. The Morgan fingerprint density at radius 2 is 0.639 bits per heavy atom. The molecule has 0 aliphatic carbocycles. The molecule has 0 atom stereocenters. The lowest BCUT2D eigenvalue weighted by molar-refractivity contribution is 0.591. The van der Waals surface area contributed by atoms with Crippen LogP contribution in [0.3, 0.4) is 0 Å². The number of aromatic nitrogens is 1. The van der Waals surface area contributed by atoms with Crippen molar-refractivity contribution in [2.45, 2.75) is 52.4 Å². The third-order valence-corrected chi connectivity index (χ3v) is 25.2. The number of benzene rings is 19. The maximum Gasteiger partial charge on any atom is 0.252 e. The van der Waals surface area contributed by atoms with E-state index in [0.29, 0.717) is 0 Å². The van der Waals surface area contributed by atoms with Gasteiger partial charge in [-0.25, -0.2) is 0 Å². The second-order valence-electron chi connectivity index (χ2n) is 34.3. The lowest BCUT2D eigenvalue weighted by Gasteiger charge is -2.46. The number of anilines is 9. The molecule has 0 saturated heterocycles. The van der Waals surface area contributed by atoms with Gasteiger partial charge in [-0.3, -0.25) is 0 Å². The zero-order chi connectivity index (χ0) is 79.8. The summed E-state index contributed by atoms with van der Waals surface area (Å²) in [6.07, 6.45) is 0. The van der Waals surface area contributed by atoms with E-state index in [2.05, 4.69) is 467 Å². The van der Waals surface area contributed by atoms with Crippen LogP contribution in [0.2, 0.25) is 0 Å². The summed E-state index contributed by atoms with van der Waals surface area (Å²) in [6.45, 7) is 13.8. The van der Waals surface area contributed by atoms with Crippen LogP contribution in [0.15, 0.2) is 406 Å². The Kier molecular flexibility index (Phi) is 16.8. The van der Waals surface area contributed by atoms with E-state index in [1.165, 1.54) is 76.2 Å². The maximum absolute atomic E-state index is 2.71. The number of para-hydroxylation sites is 4. The molecule has 0 amide bonds. The van der Waals surface area contributed by atoms with Crippen LogP contribution in [0.4, 0.5) is 51.2 Å². The molecule has 0 unspecified atom stereocenters. The van der Waals surface area contributed by atoms with E-state index in [4.69, 9.17) is 0 Å². The predicted molar refractivity (Wildman–Crippen MR) is 509 cm³/mol. The van der Waals surface area contributed by atoms with E-state index in [1.54, 1.807) is 0 Å². The maximum atomic E-state index is 2.71. The minimum Gasteiger partial charge on any atom is -0.310 e. The van der Waals surface area contributed by atoms with Gasteiger partial charge in [0.1, 0.15) is 0 Å². The summed E-state index contributed by atoms with van der Waals surface area (Å²) >= 11 is 0. The number of hydrogen-bond acceptors (Lipinski definition) is 3. The highest BCUT2D eigenvalue weighted by molar-refractivity contribution is 7.00. The fourth-order valence-corrected chi connectivity index (χ4v) is 19.4. The molecular weight excluding hydrogens is 1440 g/mol. The summed E-state index contributed by atoms with van der Waals surface area (Å²) in [5.41, 5.74) is 34.8. The summed E-state index contributed by atoms with van der Waals surface area (Å²) in [6, 6.07) is 154. The number of nitrogens with zero attached hydrogens (tertiary/aromatic N) is 4. The Labute approximate surface area is 696 Å². The third-order valence-electron chi connectivity index (χ3n) is 25.2. The van der Waals surface area contributed by atoms with Crippen molar-refractivity contribution in [2.24, 2.45) is 0 Å². The minimum absolute atomic E-state index is 0.0942. The molecule has 2 aliphatic rings. The molecule has 4 nitrogen and oxygen atoms in total. The first-order valence-corrected chi connectivity index (χ1v) is 41.7. The van der Waals surface area contributed by atoms with Crippen molar-refractivity contribution in [3.8, 4) is 83.6 Å². The van der Waals surface area contributed by atoms with Gasteiger partial charge in [0.15, 0.2) is 0 Å². The highest BCUT2D eigenvalue weighted by atomic mass is 15.2. The van der Waals surface area contributed by atoms with Crippen LogP contribution in [0.25, 0.3) is 138 Å². The van der Waals surface area contributed by atoms with Crippen LogP contribution in [-0.4, -0.2) is 11.3 Å². The van der Waals surface area contributed by atoms with Crippen molar-refractivity contribution in [3.05, 3.63) is 418 Å². The van der Waals surface area contributed by atoms with Crippen LogP contribution >= 0.6 is 0 Å². The van der Waals surface area contributed by atoms with E-state index in [-0.39, 0.29) is 17.5 Å². The summed E-state index contributed by atoms with van der Waals surface area (Å²) in [5.74, 6) is 0. The molecule has 0 bridgehead atoms. The molecule has 2 aliphatic heterocycles. The highest BCUT2D eigenvalue weighted by Crippen LogP contribution is 2.56. The van der Waals surface area contributed by atoms with Crippen molar-refractivity contribution >= 4 is 128 Å².